The summed E-state index contributed by atoms with van der Waals surface area (Å²) in [5, 5.41) is 0. The molecule has 0 saturated heterocycles. The van der Waals surface area contributed by atoms with E-state index in [1.807, 2.05) is 20.8 Å². The molecule has 0 aromatic heterocycles. The van der Waals surface area contributed by atoms with E-state index >= 15 is 0 Å². The van der Waals surface area contributed by atoms with E-state index in [1.165, 1.54) is 5.56 Å². The number of hydrogen-bond donors (Lipinski definition) is 0. The van der Waals surface area contributed by atoms with Crippen molar-refractivity contribution in [2.75, 3.05) is 6.61 Å². The highest BCUT2D eigenvalue weighted by atomic mass is 35.7. The van der Waals surface area contributed by atoms with Gasteiger partial charge in [0.25, 0.3) is 6.72 Å². The van der Waals surface area contributed by atoms with Crippen LogP contribution in [0.5, 0.6) is 0 Å². The topological polar surface area (TPSA) is 26.3 Å². The molecule has 4 heteroatoms. The lowest BCUT2D eigenvalue weighted by Crippen LogP contribution is -1.96. The van der Waals surface area contributed by atoms with Crippen molar-refractivity contribution in [3.63, 3.8) is 0 Å². The molecule has 1 atom stereocenters. The second kappa shape index (κ2) is 5.35. The second-order valence-electron chi connectivity index (χ2n) is 4.04. The fraction of sp³-hybridized carbons (Fsp3) is 0.500. The zero-order valence-electron chi connectivity index (χ0n) is 10.2. The van der Waals surface area contributed by atoms with E-state index in [-0.39, 0.29) is 0 Å². The van der Waals surface area contributed by atoms with Crippen LogP contribution in [0.4, 0.5) is 0 Å². The van der Waals surface area contributed by atoms with Crippen molar-refractivity contribution < 1.29 is 9.09 Å². The minimum atomic E-state index is -3.01. The average molecular weight is 261 g/mol. The van der Waals surface area contributed by atoms with Crippen molar-refractivity contribution in [1.82, 2.24) is 0 Å². The summed E-state index contributed by atoms with van der Waals surface area (Å²) in [5.41, 5.74) is 4.49. The maximum absolute atomic E-state index is 11.9. The Bertz CT molecular complexity index is 406. The van der Waals surface area contributed by atoms with Crippen LogP contribution in [0.15, 0.2) is 12.1 Å². The van der Waals surface area contributed by atoms with Crippen molar-refractivity contribution in [2.24, 2.45) is 0 Å². The Hall–Kier alpha value is -0.300. The molecule has 0 N–H and O–H groups in total. The normalized spacial score (nSPS) is 14.8. The van der Waals surface area contributed by atoms with E-state index in [2.05, 4.69) is 12.1 Å². The number of halogens is 1. The Morgan fingerprint density at radius 1 is 1.25 bits per heavy atom. The number of rotatable bonds is 4. The molecule has 0 heterocycles. The molecular weight excluding hydrogens is 243 g/mol. The second-order valence-corrected chi connectivity index (χ2v) is 7.34. The van der Waals surface area contributed by atoms with Gasteiger partial charge in [-0.1, -0.05) is 17.7 Å². The van der Waals surface area contributed by atoms with Crippen molar-refractivity contribution in [3.05, 3.63) is 34.4 Å². The highest BCUT2D eigenvalue weighted by Crippen LogP contribution is 2.55. The first kappa shape index (κ1) is 13.8. The fourth-order valence-corrected chi connectivity index (χ4v) is 3.89. The third-order valence-electron chi connectivity index (χ3n) is 2.51. The lowest BCUT2D eigenvalue weighted by molar-refractivity contribution is 0.344. The third-order valence-corrected chi connectivity index (χ3v) is 4.50. The van der Waals surface area contributed by atoms with Gasteiger partial charge in [-0.2, -0.15) is 0 Å². The van der Waals surface area contributed by atoms with Gasteiger partial charge in [0.05, 0.1) is 12.8 Å². The Balaban J connectivity index is 3.02. The average Bonchev–Trinajstić information content (AvgIpc) is 2.11. The summed E-state index contributed by atoms with van der Waals surface area (Å²) in [6.45, 7) is 5.24. The fourth-order valence-electron chi connectivity index (χ4n) is 1.89. The van der Waals surface area contributed by atoms with E-state index in [9.17, 15) is 4.57 Å². The van der Waals surface area contributed by atoms with Crippen LogP contribution in [-0.4, -0.2) is 6.61 Å². The Kier molecular flexibility index (Phi) is 4.61. The molecule has 0 saturated carbocycles. The zero-order valence-corrected chi connectivity index (χ0v) is 11.9. The van der Waals surface area contributed by atoms with E-state index in [1.54, 1.807) is 6.92 Å². The van der Waals surface area contributed by atoms with Crippen LogP contribution in [0.3, 0.4) is 0 Å². The van der Waals surface area contributed by atoms with Gasteiger partial charge in [0.2, 0.25) is 0 Å². The molecule has 0 aliphatic rings. The summed E-state index contributed by atoms with van der Waals surface area (Å²) in [7, 11) is 0. The molecule has 0 fully saturated rings. The van der Waals surface area contributed by atoms with Gasteiger partial charge in [0.15, 0.2) is 0 Å². The third kappa shape index (κ3) is 3.62. The molecule has 16 heavy (non-hydrogen) atoms. The lowest BCUT2D eigenvalue weighted by Gasteiger charge is -2.15. The summed E-state index contributed by atoms with van der Waals surface area (Å²) < 4.78 is 17.0. The van der Waals surface area contributed by atoms with E-state index in [0.29, 0.717) is 12.8 Å². The van der Waals surface area contributed by atoms with Crippen LogP contribution in [0.1, 0.15) is 29.2 Å². The summed E-state index contributed by atoms with van der Waals surface area (Å²) in [6.07, 6.45) is 0.306. The van der Waals surface area contributed by atoms with Gasteiger partial charge in [-0.15, -0.1) is 0 Å². The summed E-state index contributed by atoms with van der Waals surface area (Å²) in [5.74, 6) is 0. The van der Waals surface area contributed by atoms with Crippen molar-refractivity contribution in [1.29, 1.82) is 0 Å². The maximum atomic E-state index is 11.9. The van der Waals surface area contributed by atoms with E-state index < -0.39 is 6.72 Å². The molecule has 1 aromatic carbocycles. The van der Waals surface area contributed by atoms with Gasteiger partial charge in [0, 0.05) is 0 Å². The highest BCUT2D eigenvalue weighted by molar-refractivity contribution is 7.84. The molecule has 0 radical (unpaired) electrons. The van der Waals surface area contributed by atoms with Crippen molar-refractivity contribution in [3.8, 4) is 0 Å². The van der Waals surface area contributed by atoms with Crippen molar-refractivity contribution >= 4 is 18.0 Å². The zero-order chi connectivity index (χ0) is 12.3. The molecule has 0 spiro atoms. The largest absolute Gasteiger partial charge is 0.318 e. The van der Waals surface area contributed by atoms with Crippen LogP contribution in [0.2, 0.25) is 0 Å². The quantitative estimate of drug-likeness (QED) is 0.741. The van der Waals surface area contributed by atoms with Crippen LogP contribution in [0.25, 0.3) is 0 Å². The molecule has 1 aromatic rings. The summed E-state index contributed by atoms with van der Waals surface area (Å²) in [4.78, 5) is 0. The van der Waals surface area contributed by atoms with Gasteiger partial charge in [0.1, 0.15) is 0 Å². The van der Waals surface area contributed by atoms with Crippen molar-refractivity contribution in [2.45, 2.75) is 33.9 Å². The first-order valence-corrected chi connectivity index (χ1v) is 8.07. The number of benzene rings is 1. The van der Waals surface area contributed by atoms with Crippen LogP contribution in [0, 0.1) is 20.8 Å². The van der Waals surface area contributed by atoms with Crippen LogP contribution >= 0.6 is 18.0 Å². The molecule has 0 unspecified atom stereocenters. The SMILES string of the molecule is CCO[P@@](=O)(Cl)Cc1c(C)cc(C)cc1C. The molecule has 0 amide bonds. The number of aryl methyl sites for hydroxylation is 3. The minimum Gasteiger partial charge on any atom is -0.318 e. The van der Waals surface area contributed by atoms with Crippen LogP contribution < -0.4 is 0 Å². The van der Waals surface area contributed by atoms with Gasteiger partial charge >= 0.3 is 0 Å². The first-order chi connectivity index (χ1) is 7.35. The van der Waals surface area contributed by atoms with Gasteiger partial charge in [-0.05, 0) is 55.6 Å². The van der Waals surface area contributed by atoms with E-state index in [4.69, 9.17) is 15.8 Å². The number of hydrogen-bond acceptors (Lipinski definition) is 2. The lowest BCUT2D eigenvalue weighted by atomic mass is 10.0. The smallest absolute Gasteiger partial charge is 0.294 e. The standard InChI is InChI=1S/C12H18ClO2P/c1-5-15-16(13,14)8-12-10(3)6-9(2)7-11(12)4/h6-7H,5,8H2,1-4H3/t16-/m1/s1. The Morgan fingerprint density at radius 3 is 2.19 bits per heavy atom. The predicted octanol–water partition coefficient (Wildman–Crippen LogP) is 4.58. The monoisotopic (exact) mass is 260 g/mol. The molecular formula is C12H18ClO2P. The molecule has 0 aliphatic carbocycles. The van der Waals surface area contributed by atoms with E-state index in [0.717, 1.165) is 16.7 Å². The van der Waals surface area contributed by atoms with Gasteiger partial charge < -0.3 is 4.52 Å². The molecule has 90 valence electrons. The van der Waals surface area contributed by atoms with Gasteiger partial charge in [-0.25, -0.2) is 0 Å². The molecule has 0 bridgehead atoms. The Morgan fingerprint density at radius 2 is 1.75 bits per heavy atom. The molecule has 1 rings (SSSR count). The highest BCUT2D eigenvalue weighted by Gasteiger charge is 2.21. The summed E-state index contributed by atoms with van der Waals surface area (Å²) in [6, 6.07) is 4.15. The molecule has 0 aliphatic heterocycles. The minimum absolute atomic E-state index is 0.306. The predicted molar refractivity (Wildman–Crippen MR) is 69.4 cm³/mol. The molecule has 2 nitrogen and oxygen atoms in total. The van der Waals surface area contributed by atoms with Gasteiger partial charge in [-0.3, -0.25) is 4.57 Å². The maximum Gasteiger partial charge on any atom is 0.294 e. The Labute approximate surface area is 102 Å². The summed E-state index contributed by atoms with van der Waals surface area (Å²) >= 11 is 5.89. The first-order valence-electron chi connectivity index (χ1n) is 5.35. The van der Waals surface area contributed by atoms with Crippen LogP contribution in [-0.2, 0) is 15.3 Å².